The first-order valence-electron chi connectivity index (χ1n) is 5.90. The van der Waals surface area contributed by atoms with Crippen LogP contribution in [0, 0.1) is 13.8 Å². The minimum Gasteiger partial charge on any atom is -0.312 e. The predicted octanol–water partition coefficient (Wildman–Crippen LogP) is 2.43. The van der Waals surface area contributed by atoms with Gasteiger partial charge in [-0.2, -0.15) is 5.10 Å². The van der Waals surface area contributed by atoms with Crippen LogP contribution in [0.4, 0.5) is 0 Å². The van der Waals surface area contributed by atoms with Crippen LogP contribution < -0.4 is 5.32 Å². The summed E-state index contributed by atoms with van der Waals surface area (Å²) in [6.45, 7) is 6.31. The van der Waals surface area contributed by atoms with Gasteiger partial charge in [0.2, 0.25) is 0 Å². The lowest BCUT2D eigenvalue weighted by atomic mass is 10.2. The molecule has 0 unspecified atom stereocenters. The van der Waals surface area contributed by atoms with Crippen LogP contribution in [-0.4, -0.2) is 16.3 Å². The van der Waals surface area contributed by atoms with Crippen molar-refractivity contribution in [3.05, 3.63) is 39.3 Å². The van der Waals surface area contributed by atoms with Crippen LogP contribution in [0.25, 0.3) is 0 Å². The van der Waals surface area contributed by atoms with Gasteiger partial charge in [-0.05, 0) is 31.5 Å². The van der Waals surface area contributed by atoms with Gasteiger partial charge in [0.25, 0.3) is 0 Å². The molecule has 2 aromatic heterocycles. The molecule has 0 radical (unpaired) electrons. The Morgan fingerprint density at radius 2 is 2.24 bits per heavy atom. The molecule has 1 N–H and O–H groups in total. The van der Waals surface area contributed by atoms with Crippen LogP contribution in [-0.2, 0) is 20.0 Å². The number of thiophene rings is 1. The summed E-state index contributed by atoms with van der Waals surface area (Å²) in [6.07, 6.45) is 2.88. The standard InChI is InChI=1S/C13H19N3S/c1-10-8-12(11(2)17-10)9-14-6-4-13-5-7-15-16(13)3/h5,7-8,14H,4,6,9H2,1-3H3. The predicted molar refractivity (Wildman–Crippen MR) is 72.4 cm³/mol. The molecule has 0 aromatic carbocycles. The van der Waals surface area contributed by atoms with Gasteiger partial charge in [-0.3, -0.25) is 4.68 Å². The van der Waals surface area contributed by atoms with E-state index in [2.05, 4.69) is 36.4 Å². The van der Waals surface area contributed by atoms with Gasteiger partial charge < -0.3 is 5.32 Å². The van der Waals surface area contributed by atoms with Crippen molar-refractivity contribution in [3.8, 4) is 0 Å². The number of aryl methyl sites for hydroxylation is 3. The maximum absolute atomic E-state index is 4.16. The number of rotatable bonds is 5. The smallest absolute Gasteiger partial charge is 0.0492 e. The van der Waals surface area contributed by atoms with E-state index in [4.69, 9.17) is 0 Å². The van der Waals surface area contributed by atoms with E-state index < -0.39 is 0 Å². The third kappa shape index (κ3) is 3.17. The summed E-state index contributed by atoms with van der Waals surface area (Å²) in [5.41, 5.74) is 2.70. The molecule has 0 atom stereocenters. The van der Waals surface area contributed by atoms with E-state index in [0.29, 0.717) is 0 Å². The maximum atomic E-state index is 4.16. The maximum Gasteiger partial charge on any atom is 0.0492 e. The Balaban J connectivity index is 1.77. The van der Waals surface area contributed by atoms with Gasteiger partial charge in [-0.25, -0.2) is 0 Å². The van der Waals surface area contributed by atoms with Crippen LogP contribution in [0.1, 0.15) is 21.0 Å². The zero-order valence-corrected chi connectivity index (χ0v) is 11.5. The fourth-order valence-corrected chi connectivity index (χ4v) is 2.89. The highest BCUT2D eigenvalue weighted by molar-refractivity contribution is 7.12. The third-order valence-corrected chi connectivity index (χ3v) is 3.95. The molecule has 17 heavy (non-hydrogen) atoms. The molecule has 92 valence electrons. The first-order valence-corrected chi connectivity index (χ1v) is 6.72. The zero-order chi connectivity index (χ0) is 12.3. The van der Waals surface area contributed by atoms with Crippen molar-refractivity contribution in [2.75, 3.05) is 6.54 Å². The van der Waals surface area contributed by atoms with Gasteiger partial charge >= 0.3 is 0 Å². The highest BCUT2D eigenvalue weighted by Gasteiger charge is 2.02. The highest BCUT2D eigenvalue weighted by atomic mass is 32.1. The second kappa shape index (κ2) is 5.47. The average Bonchev–Trinajstić information content (AvgIpc) is 2.81. The Bertz CT molecular complexity index is 485. The van der Waals surface area contributed by atoms with Gasteiger partial charge in [0.1, 0.15) is 0 Å². The molecule has 0 saturated heterocycles. The van der Waals surface area contributed by atoms with Crippen LogP contribution >= 0.6 is 11.3 Å². The van der Waals surface area contributed by atoms with Crippen LogP contribution in [0.15, 0.2) is 18.3 Å². The molecule has 0 saturated carbocycles. The van der Waals surface area contributed by atoms with Gasteiger partial charge in [-0.15, -0.1) is 11.3 Å². The summed E-state index contributed by atoms with van der Waals surface area (Å²) in [6, 6.07) is 4.35. The van der Waals surface area contributed by atoms with Crippen molar-refractivity contribution in [2.24, 2.45) is 7.05 Å². The van der Waals surface area contributed by atoms with Crippen molar-refractivity contribution < 1.29 is 0 Å². The summed E-state index contributed by atoms with van der Waals surface area (Å²) >= 11 is 1.87. The Kier molecular flexibility index (Phi) is 3.97. The lowest BCUT2D eigenvalue weighted by molar-refractivity contribution is 0.643. The second-order valence-corrected chi connectivity index (χ2v) is 5.77. The Labute approximate surface area is 106 Å². The van der Waals surface area contributed by atoms with Gasteiger partial charge in [0.05, 0.1) is 0 Å². The number of nitrogens with one attached hydrogen (secondary N) is 1. The minimum absolute atomic E-state index is 0.966. The summed E-state index contributed by atoms with van der Waals surface area (Å²) in [7, 11) is 1.99. The quantitative estimate of drug-likeness (QED) is 0.825. The number of hydrogen-bond donors (Lipinski definition) is 1. The molecule has 0 aliphatic heterocycles. The van der Waals surface area contributed by atoms with E-state index in [1.54, 1.807) is 0 Å². The summed E-state index contributed by atoms with van der Waals surface area (Å²) < 4.78 is 1.93. The topological polar surface area (TPSA) is 29.9 Å². The summed E-state index contributed by atoms with van der Waals surface area (Å²) in [5.74, 6) is 0. The Morgan fingerprint density at radius 3 is 2.82 bits per heavy atom. The van der Waals surface area contributed by atoms with Crippen molar-refractivity contribution in [1.82, 2.24) is 15.1 Å². The molecule has 4 heteroatoms. The first kappa shape index (κ1) is 12.3. The molecule has 0 amide bonds. The SMILES string of the molecule is Cc1cc(CNCCc2ccnn2C)c(C)s1. The van der Waals surface area contributed by atoms with Crippen LogP contribution in [0.3, 0.4) is 0 Å². The fraction of sp³-hybridized carbons (Fsp3) is 0.462. The fourth-order valence-electron chi connectivity index (χ4n) is 1.95. The van der Waals surface area contributed by atoms with E-state index >= 15 is 0 Å². The normalized spacial score (nSPS) is 11.0. The van der Waals surface area contributed by atoms with E-state index in [1.165, 1.54) is 21.0 Å². The van der Waals surface area contributed by atoms with E-state index in [1.807, 2.05) is 29.3 Å². The van der Waals surface area contributed by atoms with Crippen molar-refractivity contribution in [1.29, 1.82) is 0 Å². The van der Waals surface area contributed by atoms with Crippen molar-refractivity contribution in [2.45, 2.75) is 26.8 Å². The molecular weight excluding hydrogens is 230 g/mol. The monoisotopic (exact) mass is 249 g/mol. The second-order valence-electron chi connectivity index (χ2n) is 4.31. The van der Waals surface area contributed by atoms with E-state index in [0.717, 1.165) is 19.5 Å². The highest BCUT2D eigenvalue weighted by Crippen LogP contribution is 2.20. The molecular formula is C13H19N3S. The molecule has 3 nitrogen and oxygen atoms in total. The Hall–Kier alpha value is -1.13. The molecule has 0 aliphatic carbocycles. The third-order valence-electron chi connectivity index (χ3n) is 2.94. The van der Waals surface area contributed by atoms with E-state index in [9.17, 15) is 0 Å². The van der Waals surface area contributed by atoms with Crippen molar-refractivity contribution in [3.63, 3.8) is 0 Å². The molecule has 0 aliphatic rings. The molecule has 2 heterocycles. The minimum atomic E-state index is 0.966. The molecule has 0 bridgehead atoms. The Morgan fingerprint density at radius 1 is 1.41 bits per heavy atom. The zero-order valence-electron chi connectivity index (χ0n) is 10.7. The lowest BCUT2D eigenvalue weighted by Crippen LogP contribution is -2.17. The number of nitrogens with zero attached hydrogens (tertiary/aromatic N) is 2. The number of hydrogen-bond acceptors (Lipinski definition) is 3. The summed E-state index contributed by atoms with van der Waals surface area (Å²) in [5, 5.41) is 7.65. The molecule has 0 spiro atoms. The van der Waals surface area contributed by atoms with Crippen LogP contribution in [0.2, 0.25) is 0 Å². The lowest BCUT2D eigenvalue weighted by Gasteiger charge is -2.04. The largest absolute Gasteiger partial charge is 0.312 e. The van der Waals surface area contributed by atoms with Crippen molar-refractivity contribution >= 4 is 11.3 Å². The molecule has 2 aromatic rings. The molecule has 2 rings (SSSR count). The molecule has 0 fully saturated rings. The van der Waals surface area contributed by atoms with E-state index in [-0.39, 0.29) is 0 Å². The summed E-state index contributed by atoms with van der Waals surface area (Å²) in [4.78, 5) is 2.82. The van der Waals surface area contributed by atoms with Gasteiger partial charge in [0.15, 0.2) is 0 Å². The number of aromatic nitrogens is 2. The van der Waals surface area contributed by atoms with Crippen LogP contribution in [0.5, 0.6) is 0 Å². The van der Waals surface area contributed by atoms with Gasteiger partial charge in [-0.1, -0.05) is 0 Å². The van der Waals surface area contributed by atoms with Gasteiger partial charge in [0, 0.05) is 48.2 Å². The first-order chi connectivity index (χ1) is 8.16. The average molecular weight is 249 g/mol.